The fraction of sp³-hybridized carbons (Fsp3) is 0.235. The Bertz CT molecular complexity index is 1500. The van der Waals surface area contributed by atoms with Gasteiger partial charge in [-0.25, -0.2) is 9.59 Å². The van der Waals surface area contributed by atoms with Crippen LogP contribution in [0.3, 0.4) is 0 Å². The molecule has 5 N–H and O–H groups in total. The van der Waals surface area contributed by atoms with Crippen LogP contribution in [0.1, 0.15) is 35.1 Å². The second kappa shape index (κ2) is 15.7. The number of amides is 1. The van der Waals surface area contributed by atoms with Crippen molar-refractivity contribution in [3.63, 3.8) is 0 Å². The number of benzene rings is 4. The molecule has 2 aliphatic rings. The molecule has 0 spiro atoms. The van der Waals surface area contributed by atoms with Crippen LogP contribution in [-0.2, 0) is 25.7 Å². The van der Waals surface area contributed by atoms with Gasteiger partial charge in [0, 0.05) is 35.8 Å². The monoisotopic (exact) mass is 602 g/mol. The van der Waals surface area contributed by atoms with E-state index in [0.717, 1.165) is 48.9 Å². The molecule has 9 heteroatoms. The van der Waals surface area contributed by atoms with E-state index >= 15 is 0 Å². The van der Waals surface area contributed by atoms with E-state index < -0.39 is 11.5 Å². The van der Waals surface area contributed by atoms with Crippen molar-refractivity contribution in [3.8, 4) is 11.5 Å². The fourth-order valence-electron chi connectivity index (χ4n) is 5.00. The molecule has 0 aliphatic heterocycles. The lowest BCUT2D eigenvalue weighted by molar-refractivity contribution is 0.158. The molecule has 1 amide bonds. The molecule has 6 rings (SSSR count). The molecule has 0 saturated heterocycles. The Morgan fingerprint density at radius 3 is 1.79 bits per heavy atom. The first-order valence-corrected chi connectivity index (χ1v) is 14.5. The van der Waals surface area contributed by atoms with Gasteiger partial charge in [0.05, 0.1) is 12.2 Å². The summed E-state index contributed by atoms with van der Waals surface area (Å²) >= 11 is 4.95. The summed E-state index contributed by atoms with van der Waals surface area (Å²) in [6.45, 7) is 0. The molecule has 2 aliphatic carbocycles. The predicted octanol–water partition coefficient (Wildman–Crippen LogP) is 6.69. The number of hydrogen-bond donors (Lipinski definition) is 4. The van der Waals surface area contributed by atoms with E-state index in [0.29, 0.717) is 23.6 Å². The number of nitrogens with one attached hydrogen (secondary N) is 1. The zero-order valence-electron chi connectivity index (χ0n) is 23.6. The van der Waals surface area contributed by atoms with Crippen LogP contribution in [0, 0.1) is 0 Å². The maximum absolute atomic E-state index is 12.0. The number of nitrogen functional groups attached to an aromatic ring is 1. The summed E-state index contributed by atoms with van der Waals surface area (Å²) in [7, 11) is 0. The summed E-state index contributed by atoms with van der Waals surface area (Å²) in [6, 6.07) is 29.3. The molecule has 0 fully saturated rings. The van der Waals surface area contributed by atoms with Gasteiger partial charge in [-0.05, 0) is 84.3 Å². The third-order valence-corrected chi connectivity index (χ3v) is 7.16. The zero-order chi connectivity index (χ0) is 30.6. The van der Waals surface area contributed by atoms with Gasteiger partial charge in [0.25, 0.3) is 0 Å². The van der Waals surface area contributed by atoms with Gasteiger partial charge in [0.1, 0.15) is 11.5 Å². The van der Waals surface area contributed by atoms with Gasteiger partial charge in [-0.3, -0.25) is 5.32 Å². The van der Waals surface area contributed by atoms with Crippen molar-refractivity contribution in [1.82, 2.24) is 0 Å². The molecule has 8 nitrogen and oxygen atoms in total. The van der Waals surface area contributed by atoms with Gasteiger partial charge in [0.2, 0.25) is 0 Å². The van der Waals surface area contributed by atoms with Crippen LogP contribution in [0.4, 0.5) is 21.0 Å². The van der Waals surface area contributed by atoms with Crippen molar-refractivity contribution < 1.29 is 29.3 Å². The molecule has 43 heavy (non-hydrogen) atoms. The number of hydrogen-bond acceptors (Lipinski definition) is 7. The van der Waals surface area contributed by atoms with Gasteiger partial charge in [-0.15, -0.1) is 0 Å². The summed E-state index contributed by atoms with van der Waals surface area (Å²) in [4.78, 5) is 22.1. The van der Waals surface area contributed by atoms with Crippen LogP contribution >= 0.6 is 11.6 Å². The number of aliphatic hydroxyl groups is 2. The molecule has 0 bridgehead atoms. The number of fused-ring (bicyclic) bond motifs is 2. The summed E-state index contributed by atoms with van der Waals surface area (Å²) in [5, 5.41) is 22.0. The Balaban J connectivity index is 0.000000163. The number of para-hydroxylation sites is 2. The number of carbonyl (C=O) groups excluding carboxylic acids is 2. The van der Waals surface area contributed by atoms with Crippen LogP contribution in [-0.4, -0.2) is 33.9 Å². The van der Waals surface area contributed by atoms with E-state index in [2.05, 4.69) is 16.1 Å². The van der Waals surface area contributed by atoms with Crippen molar-refractivity contribution in [1.29, 1.82) is 0 Å². The first-order valence-electron chi connectivity index (χ1n) is 14.1. The number of halogens is 1. The molecule has 4 aromatic carbocycles. The first-order chi connectivity index (χ1) is 20.8. The predicted molar refractivity (Wildman–Crippen MR) is 168 cm³/mol. The lowest BCUT2D eigenvalue weighted by Crippen LogP contribution is -2.23. The van der Waals surface area contributed by atoms with Gasteiger partial charge in [0.15, 0.2) is 0 Å². The number of ether oxygens (including phenoxy) is 2. The highest BCUT2D eigenvalue weighted by Crippen LogP contribution is 2.28. The third kappa shape index (κ3) is 9.85. The number of anilines is 2. The minimum absolute atomic E-state index is 0.192. The van der Waals surface area contributed by atoms with Crippen molar-refractivity contribution in [3.05, 3.63) is 119 Å². The molecule has 224 valence electrons. The topological polar surface area (TPSA) is 131 Å². The molecule has 4 aromatic rings. The molecular weight excluding hydrogens is 568 g/mol. The Labute approximate surface area is 256 Å². The van der Waals surface area contributed by atoms with Crippen LogP contribution in [0.5, 0.6) is 11.5 Å². The third-order valence-electron chi connectivity index (χ3n) is 7.09. The molecule has 0 saturated carbocycles. The van der Waals surface area contributed by atoms with E-state index in [1.54, 1.807) is 36.4 Å². The molecule has 0 heterocycles. The summed E-state index contributed by atoms with van der Waals surface area (Å²) in [5.74, 6) is 0.960. The highest BCUT2D eigenvalue weighted by Gasteiger charge is 2.20. The number of nitrogens with two attached hydrogens (primary N) is 1. The van der Waals surface area contributed by atoms with Gasteiger partial charge in [-0.2, -0.15) is 0 Å². The Hall–Kier alpha value is -4.37. The maximum Gasteiger partial charge on any atom is 0.417 e. The molecule has 2 unspecified atom stereocenters. The Morgan fingerprint density at radius 1 is 0.698 bits per heavy atom. The largest absolute Gasteiger partial charge is 0.417 e. The number of aryl methyl sites for hydroxylation is 2. The van der Waals surface area contributed by atoms with Gasteiger partial charge >= 0.3 is 11.5 Å². The fourth-order valence-corrected chi connectivity index (χ4v) is 5.09. The summed E-state index contributed by atoms with van der Waals surface area (Å²) in [6.07, 6.45) is 3.67. The molecule has 0 aromatic heterocycles. The molecule has 2 atom stereocenters. The SMILES string of the molecule is Nc1cccc2c1CC(O)CC2.O=C(Cl)Oc1ccccc1.O=C(Nc1cccc2c1CC(O)CC2)Oc1ccccc1. The molecular formula is C34H35ClN2O6. The highest BCUT2D eigenvalue weighted by atomic mass is 35.5. The highest BCUT2D eigenvalue weighted by molar-refractivity contribution is 6.61. The van der Waals surface area contributed by atoms with E-state index in [1.165, 1.54) is 11.1 Å². The van der Waals surface area contributed by atoms with Crippen molar-refractivity contribution in [2.24, 2.45) is 0 Å². The smallest absolute Gasteiger partial charge is 0.415 e. The van der Waals surface area contributed by atoms with Crippen LogP contribution in [0.15, 0.2) is 97.1 Å². The lowest BCUT2D eigenvalue weighted by Gasteiger charge is -2.23. The number of carbonyl (C=O) groups is 2. The van der Waals surface area contributed by atoms with Crippen molar-refractivity contribution >= 4 is 34.5 Å². The minimum Gasteiger partial charge on any atom is -0.415 e. The molecule has 0 radical (unpaired) electrons. The van der Waals surface area contributed by atoms with Crippen LogP contribution < -0.4 is 20.5 Å². The van der Waals surface area contributed by atoms with E-state index in [9.17, 15) is 19.8 Å². The second-order valence-corrected chi connectivity index (χ2v) is 10.5. The van der Waals surface area contributed by atoms with E-state index in [4.69, 9.17) is 22.1 Å². The minimum atomic E-state index is -0.814. The lowest BCUT2D eigenvalue weighted by atomic mass is 9.88. The van der Waals surface area contributed by atoms with Crippen molar-refractivity contribution in [2.45, 2.75) is 50.7 Å². The van der Waals surface area contributed by atoms with Gasteiger partial charge < -0.3 is 25.4 Å². The average molecular weight is 603 g/mol. The number of rotatable bonds is 3. The zero-order valence-corrected chi connectivity index (χ0v) is 24.4. The average Bonchev–Trinajstić information content (AvgIpc) is 2.99. The second-order valence-electron chi connectivity index (χ2n) is 10.2. The summed E-state index contributed by atoms with van der Waals surface area (Å²) < 4.78 is 9.76. The van der Waals surface area contributed by atoms with Crippen molar-refractivity contribution in [2.75, 3.05) is 11.1 Å². The van der Waals surface area contributed by atoms with Crippen LogP contribution in [0.25, 0.3) is 0 Å². The number of aliphatic hydroxyl groups excluding tert-OH is 2. The Kier molecular flexibility index (Phi) is 11.6. The van der Waals surface area contributed by atoms with E-state index in [-0.39, 0.29) is 12.2 Å². The van der Waals surface area contributed by atoms with Crippen LogP contribution in [0.2, 0.25) is 0 Å². The normalized spacial score (nSPS) is 16.4. The maximum atomic E-state index is 12.0. The standard InChI is InChI=1S/C17H17NO3.C10H13NO.C7H5ClO2/c19-13-10-9-12-5-4-8-16(15(12)11-13)18-17(20)21-14-6-2-1-3-7-14;11-10-3-1-2-7-4-5-8(12)6-9(7)10;8-7(9)10-6-4-2-1-3-5-6/h1-8,13,19H,9-11H2,(H,18,20);1-3,8,12H,4-6,11H2;1-5H. The first kappa shape index (κ1) is 31.6. The van der Waals surface area contributed by atoms with Gasteiger partial charge in [-0.1, -0.05) is 60.7 Å². The summed E-state index contributed by atoms with van der Waals surface area (Å²) in [5.41, 5.74) is 11.2. The Morgan fingerprint density at radius 2 is 1.21 bits per heavy atom. The quantitative estimate of drug-likeness (QED) is 0.152. The van der Waals surface area contributed by atoms with E-state index in [1.807, 2.05) is 54.6 Å².